The summed E-state index contributed by atoms with van der Waals surface area (Å²) < 4.78 is 6.75. The Bertz CT molecular complexity index is 1170. The van der Waals surface area contributed by atoms with Gasteiger partial charge in [-0.15, -0.1) is 5.10 Å². The molecule has 0 fully saturated rings. The third kappa shape index (κ3) is 4.18. The van der Waals surface area contributed by atoms with E-state index in [9.17, 15) is 10.1 Å². The summed E-state index contributed by atoms with van der Waals surface area (Å²) in [6, 6.07) is 11.8. The lowest BCUT2D eigenvalue weighted by Crippen LogP contribution is -2.32. The quantitative estimate of drug-likeness (QED) is 0.571. The van der Waals surface area contributed by atoms with E-state index >= 15 is 0 Å². The van der Waals surface area contributed by atoms with Crippen molar-refractivity contribution in [2.45, 2.75) is 26.3 Å². The lowest BCUT2D eigenvalue weighted by Gasteiger charge is -2.31. The SMILES string of the molecule is COCCCNC(=O)c1nnn(-c2cccc3c2CCN(c2ncccc2C#N)C3)c1C. The van der Waals surface area contributed by atoms with Gasteiger partial charge < -0.3 is 15.0 Å². The average Bonchev–Trinajstić information content (AvgIpc) is 3.22. The number of nitrogens with one attached hydrogen (secondary N) is 1. The molecule has 164 valence electrons. The fraction of sp³-hybridized carbons (Fsp3) is 0.348. The van der Waals surface area contributed by atoms with Crippen molar-refractivity contribution < 1.29 is 9.53 Å². The Kier molecular flexibility index (Phi) is 6.42. The van der Waals surface area contributed by atoms with Crippen LogP contribution in [0.5, 0.6) is 0 Å². The minimum atomic E-state index is -0.236. The number of rotatable bonds is 7. The molecule has 0 spiro atoms. The molecule has 3 heterocycles. The first-order valence-electron chi connectivity index (χ1n) is 10.5. The number of aromatic nitrogens is 4. The zero-order valence-corrected chi connectivity index (χ0v) is 18.2. The Balaban J connectivity index is 1.57. The highest BCUT2D eigenvalue weighted by Gasteiger charge is 2.24. The summed E-state index contributed by atoms with van der Waals surface area (Å²) in [5.41, 5.74) is 4.82. The molecular weight excluding hydrogens is 406 g/mol. The van der Waals surface area contributed by atoms with E-state index in [0.29, 0.717) is 42.5 Å². The number of carbonyl (C=O) groups excluding carboxylic acids is 1. The zero-order valence-electron chi connectivity index (χ0n) is 18.2. The maximum Gasteiger partial charge on any atom is 0.273 e. The standard InChI is InChI=1S/C23H25N7O2/c1-16-21(23(31)26-11-5-13-32-2)27-28-30(16)20-8-3-6-18-15-29(12-9-19(18)20)22-17(14-24)7-4-10-25-22/h3-4,6-8,10H,5,9,11-13,15H2,1-2H3,(H,26,31). The van der Waals surface area contributed by atoms with Crippen LogP contribution in [0, 0.1) is 18.3 Å². The molecule has 2 aromatic heterocycles. The molecule has 1 amide bonds. The zero-order chi connectivity index (χ0) is 22.5. The van der Waals surface area contributed by atoms with E-state index < -0.39 is 0 Å². The van der Waals surface area contributed by atoms with Gasteiger partial charge in [0.05, 0.1) is 16.9 Å². The molecule has 1 N–H and O–H groups in total. The van der Waals surface area contributed by atoms with Crippen LogP contribution in [0.3, 0.4) is 0 Å². The number of nitrogens with zero attached hydrogens (tertiary/aromatic N) is 6. The lowest BCUT2D eigenvalue weighted by atomic mass is 9.97. The number of anilines is 1. The van der Waals surface area contributed by atoms with Crippen molar-refractivity contribution >= 4 is 11.7 Å². The van der Waals surface area contributed by atoms with E-state index in [1.807, 2.05) is 19.1 Å². The van der Waals surface area contributed by atoms with E-state index in [-0.39, 0.29) is 5.91 Å². The maximum absolute atomic E-state index is 12.5. The average molecular weight is 432 g/mol. The van der Waals surface area contributed by atoms with Crippen LogP contribution in [0.1, 0.15) is 39.3 Å². The fourth-order valence-electron chi connectivity index (χ4n) is 3.97. The van der Waals surface area contributed by atoms with Crippen molar-refractivity contribution in [3.63, 3.8) is 0 Å². The van der Waals surface area contributed by atoms with E-state index in [4.69, 9.17) is 4.74 Å². The summed E-state index contributed by atoms with van der Waals surface area (Å²) in [5, 5.41) is 20.7. The van der Waals surface area contributed by atoms with Gasteiger partial charge >= 0.3 is 0 Å². The first-order chi connectivity index (χ1) is 15.6. The van der Waals surface area contributed by atoms with Gasteiger partial charge in [0.2, 0.25) is 0 Å². The van der Waals surface area contributed by atoms with Crippen molar-refractivity contribution in [3.8, 4) is 11.8 Å². The van der Waals surface area contributed by atoms with Gasteiger partial charge in [0.25, 0.3) is 5.91 Å². The van der Waals surface area contributed by atoms with Crippen molar-refractivity contribution in [2.24, 2.45) is 0 Å². The summed E-state index contributed by atoms with van der Waals surface area (Å²) in [4.78, 5) is 19.1. The van der Waals surface area contributed by atoms with Gasteiger partial charge in [0.15, 0.2) is 5.69 Å². The summed E-state index contributed by atoms with van der Waals surface area (Å²) in [6.07, 6.45) is 3.22. The number of pyridine rings is 1. The molecule has 1 aromatic carbocycles. The van der Waals surface area contributed by atoms with Gasteiger partial charge in [-0.2, -0.15) is 5.26 Å². The number of hydrogen-bond donors (Lipinski definition) is 1. The molecule has 0 bridgehead atoms. The second-order valence-corrected chi connectivity index (χ2v) is 7.61. The third-order valence-electron chi connectivity index (χ3n) is 5.60. The number of benzene rings is 1. The first-order valence-corrected chi connectivity index (χ1v) is 10.5. The van der Waals surface area contributed by atoms with Crippen molar-refractivity contribution in [3.05, 3.63) is 64.6 Å². The Morgan fingerprint density at radius 2 is 2.19 bits per heavy atom. The van der Waals surface area contributed by atoms with E-state index in [1.54, 1.807) is 30.1 Å². The minimum absolute atomic E-state index is 0.236. The van der Waals surface area contributed by atoms with Gasteiger partial charge in [-0.25, -0.2) is 9.67 Å². The molecule has 0 radical (unpaired) electrons. The Morgan fingerprint density at radius 3 is 3.00 bits per heavy atom. The summed E-state index contributed by atoms with van der Waals surface area (Å²) in [6.45, 7) is 4.35. The van der Waals surface area contributed by atoms with Crippen LogP contribution in [0.2, 0.25) is 0 Å². The molecule has 1 aliphatic rings. The van der Waals surface area contributed by atoms with Gasteiger partial charge in [0, 0.05) is 39.5 Å². The molecule has 0 unspecified atom stereocenters. The Labute approximate surface area is 186 Å². The van der Waals surface area contributed by atoms with Crippen LogP contribution in [0.25, 0.3) is 5.69 Å². The van der Waals surface area contributed by atoms with Gasteiger partial charge in [-0.1, -0.05) is 17.3 Å². The summed E-state index contributed by atoms with van der Waals surface area (Å²) in [7, 11) is 1.64. The minimum Gasteiger partial charge on any atom is -0.385 e. The monoisotopic (exact) mass is 431 g/mol. The fourth-order valence-corrected chi connectivity index (χ4v) is 3.97. The Morgan fingerprint density at radius 1 is 1.31 bits per heavy atom. The summed E-state index contributed by atoms with van der Waals surface area (Å²) in [5.74, 6) is 0.468. The highest BCUT2D eigenvalue weighted by Crippen LogP contribution is 2.29. The van der Waals surface area contributed by atoms with Gasteiger partial charge in [-0.05, 0) is 49.1 Å². The molecule has 0 aliphatic carbocycles. The largest absolute Gasteiger partial charge is 0.385 e. The highest BCUT2D eigenvalue weighted by atomic mass is 16.5. The molecule has 4 rings (SSSR count). The number of nitriles is 1. The molecule has 9 heteroatoms. The van der Waals surface area contributed by atoms with Gasteiger partial charge in [0.1, 0.15) is 11.9 Å². The second-order valence-electron chi connectivity index (χ2n) is 7.61. The first kappa shape index (κ1) is 21.5. The van der Waals surface area contributed by atoms with E-state index in [0.717, 1.165) is 30.6 Å². The normalized spacial score (nSPS) is 12.8. The van der Waals surface area contributed by atoms with E-state index in [1.165, 1.54) is 5.56 Å². The maximum atomic E-state index is 12.5. The second kappa shape index (κ2) is 9.58. The molecule has 3 aromatic rings. The summed E-state index contributed by atoms with van der Waals surface area (Å²) >= 11 is 0. The molecule has 32 heavy (non-hydrogen) atoms. The van der Waals surface area contributed by atoms with Crippen molar-refractivity contribution in [2.75, 3.05) is 31.7 Å². The van der Waals surface area contributed by atoms with E-state index in [2.05, 4.69) is 37.6 Å². The lowest BCUT2D eigenvalue weighted by molar-refractivity contribution is 0.0943. The highest BCUT2D eigenvalue weighted by molar-refractivity contribution is 5.93. The number of methoxy groups -OCH3 is 1. The third-order valence-corrected chi connectivity index (χ3v) is 5.60. The van der Waals surface area contributed by atoms with Crippen LogP contribution >= 0.6 is 0 Å². The molecule has 0 saturated heterocycles. The number of carbonyl (C=O) groups is 1. The van der Waals surface area contributed by atoms with Crippen LogP contribution in [0.15, 0.2) is 36.5 Å². The predicted octanol–water partition coefficient (Wildman–Crippen LogP) is 2.17. The topological polar surface area (TPSA) is 109 Å². The number of amides is 1. The number of fused-ring (bicyclic) bond motifs is 1. The number of hydrogen-bond acceptors (Lipinski definition) is 7. The van der Waals surface area contributed by atoms with Crippen LogP contribution in [-0.4, -0.2) is 52.7 Å². The molecule has 0 atom stereocenters. The predicted molar refractivity (Wildman–Crippen MR) is 119 cm³/mol. The van der Waals surface area contributed by atoms with Crippen molar-refractivity contribution in [1.29, 1.82) is 5.26 Å². The number of ether oxygens (including phenoxy) is 1. The van der Waals surface area contributed by atoms with Crippen LogP contribution in [0.4, 0.5) is 5.82 Å². The molecule has 9 nitrogen and oxygen atoms in total. The molecule has 0 saturated carbocycles. The molecule has 1 aliphatic heterocycles. The smallest absolute Gasteiger partial charge is 0.273 e. The Hall–Kier alpha value is -3.77. The molecular formula is C23H25N7O2. The van der Waals surface area contributed by atoms with Crippen LogP contribution in [-0.2, 0) is 17.7 Å². The van der Waals surface area contributed by atoms with Crippen LogP contribution < -0.4 is 10.2 Å². The van der Waals surface area contributed by atoms with Crippen molar-refractivity contribution in [1.82, 2.24) is 25.3 Å². The van der Waals surface area contributed by atoms with Gasteiger partial charge in [-0.3, -0.25) is 4.79 Å².